The van der Waals surface area contributed by atoms with Crippen molar-refractivity contribution in [3.63, 3.8) is 0 Å². The van der Waals surface area contributed by atoms with Gasteiger partial charge in [0, 0.05) is 0 Å². The quantitative estimate of drug-likeness (QED) is 0.752. The van der Waals surface area contributed by atoms with Gasteiger partial charge in [-0.3, -0.25) is 14.5 Å². The molecule has 8 heteroatoms. The van der Waals surface area contributed by atoms with Crippen molar-refractivity contribution in [1.82, 2.24) is 0 Å². The summed E-state index contributed by atoms with van der Waals surface area (Å²) in [6.45, 7) is 3.63. The highest BCUT2D eigenvalue weighted by Gasteiger charge is 2.31. The van der Waals surface area contributed by atoms with Gasteiger partial charge >= 0.3 is 5.97 Å². The molecule has 1 atom stereocenters. The number of para-hydroxylation sites is 2. The highest BCUT2D eigenvalue weighted by atomic mass is 16.5. The van der Waals surface area contributed by atoms with Gasteiger partial charge in [0.2, 0.25) is 5.91 Å². The van der Waals surface area contributed by atoms with E-state index in [1.807, 2.05) is 6.92 Å². The number of amides is 2. The van der Waals surface area contributed by atoms with E-state index in [4.69, 9.17) is 14.2 Å². The fraction of sp³-hybridized carbons (Fsp3) is 0.286. The van der Waals surface area contributed by atoms with Gasteiger partial charge < -0.3 is 19.5 Å². The van der Waals surface area contributed by atoms with E-state index in [1.54, 1.807) is 30.3 Å². The summed E-state index contributed by atoms with van der Waals surface area (Å²) in [6.07, 6.45) is -1.08. The molecule has 0 bridgehead atoms. The Labute approximate surface area is 168 Å². The number of esters is 1. The van der Waals surface area contributed by atoms with Crippen molar-refractivity contribution in [2.24, 2.45) is 0 Å². The predicted octanol–water partition coefficient (Wildman–Crippen LogP) is 2.62. The van der Waals surface area contributed by atoms with Crippen LogP contribution in [0.1, 0.15) is 24.2 Å². The third kappa shape index (κ3) is 4.31. The number of hydrogen-bond acceptors (Lipinski definition) is 6. The molecule has 0 saturated carbocycles. The van der Waals surface area contributed by atoms with E-state index in [1.165, 1.54) is 31.1 Å². The summed E-state index contributed by atoms with van der Waals surface area (Å²) in [5.41, 5.74) is 1.32. The van der Waals surface area contributed by atoms with Crippen molar-refractivity contribution in [2.45, 2.75) is 20.0 Å². The van der Waals surface area contributed by atoms with Gasteiger partial charge in [-0.2, -0.15) is 0 Å². The molecule has 1 N–H and O–H groups in total. The zero-order valence-corrected chi connectivity index (χ0v) is 16.4. The van der Waals surface area contributed by atoms with Crippen molar-refractivity contribution >= 4 is 29.2 Å². The monoisotopic (exact) mass is 398 g/mol. The average molecular weight is 398 g/mol. The number of nitrogens with zero attached hydrogens (tertiary/aromatic N) is 1. The predicted molar refractivity (Wildman–Crippen MR) is 106 cm³/mol. The lowest BCUT2D eigenvalue weighted by atomic mass is 10.1. The summed E-state index contributed by atoms with van der Waals surface area (Å²) >= 11 is 0. The molecular weight excluding hydrogens is 376 g/mol. The molecule has 1 heterocycles. The van der Waals surface area contributed by atoms with E-state index < -0.39 is 18.0 Å². The Morgan fingerprint density at radius 2 is 1.93 bits per heavy atom. The number of fused-ring (bicyclic) bond motifs is 1. The standard InChI is InChI=1S/C21H22N2O6/c1-4-28-17-10-9-14(11-18(17)27-3)21(26)29-13(2)20(25)23-12-19(24)22-15-7-5-6-8-16(15)23/h5-11,13H,4,12H2,1-3H3,(H,22,24)/t13-/m1/s1. The van der Waals surface area contributed by atoms with Gasteiger partial charge in [0.1, 0.15) is 6.54 Å². The molecule has 29 heavy (non-hydrogen) atoms. The molecule has 2 aromatic rings. The van der Waals surface area contributed by atoms with Crippen LogP contribution in [0.4, 0.5) is 11.4 Å². The van der Waals surface area contributed by atoms with Crippen LogP contribution in [0.3, 0.4) is 0 Å². The molecule has 0 aliphatic carbocycles. The number of rotatable bonds is 6. The van der Waals surface area contributed by atoms with Crippen molar-refractivity contribution < 1.29 is 28.6 Å². The largest absolute Gasteiger partial charge is 0.493 e. The normalized spacial score (nSPS) is 13.8. The van der Waals surface area contributed by atoms with E-state index in [0.29, 0.717) is 29.5 Å². The third-order valence-corrected chi connectivity index (χ3v) is 4.37. The highest BCUT2D eigenvalue weighted by Crippen LogP contribution is 2.30. The summed E-state index contributed by atoms with van der Waals surface area (Å²) in [5.74, 6) is -0.583. The van der Waals surface area contributed by atoms with Gasteiger partial charge in [0.25, 0.3) is 5.91 Å². The first kappa shape index (κ1) is 20.2. The summed E-state index contributed by atoms with van der Waals surface area (Å²) in [5, 5.41) is 2.71. The summed E-state index contributed by atoms with van der Waals surface area (Å²) < 4.78 is 16.0. The van der Waals surface area contributed by atoms with Crippen molar-refractivity contribution in [3.8, 4) is 11.5 Å². The first-order valence-corrected chi connectivity index (χ1v) is 9.16. The van der Waals surface area contributed by atoms with E-state index >= 15 is 0 Å². The van der Waals surface area contributed by atoms with Gasteiger partial charge in [0.05, 0.1) is 30.7 Å². The van der Waals surface area contributed by atoms with Crippen molar-refractivity contribution in [1.29, 1.82) is 0 Å². The van der Waals surface area contributed by atoms with Crippen LogP contribution in [0.15, 0.2) is 42.5 Å². The van der Waals surface area contributed by atoms with Crippen LogP contribution in [0, 0.1) is 0 Å². The molecule has 2 amide bonds. The van der Waals surface area contributed by atoms with E-state index in [2.05, 4.69) is 5.32 Å². The molecule has 0 radical (unpaired) electrons. The fourth-order valence-electron chi connectivity index (χ4n) is 3.00. The van der Waals surface area contributed by atoms with Crippen molar-refractivity contribution in [2.75, 3.05) is 30.5 Å². The molecule has 0 spiro atoms. The number of carbonyl (C=O) groups excluding carboxylic acids is 3. The van der Waals surface area contributed by atoms with E-state index in [-0.39, 0.29) is 18.0 Å². The van der Waals surface area contributed by atoms with Gasteiger partial charge in [0.15, 0.2) is 17.6 Å². The second-order valence-corrected chi connectivity index (χ2v) is 6.34. The molecule has 3 rings (SSSR count). The Bertz CT molecular complexity index is 943. The molecule has 0 unspecified atom stereocenters. The lowest BCUT2D eigenvalue weighted by molar-refractivity contribution is -0.128. The minimum atomic E-state index is -1.08. The van der Waals surface area contributed by atoms with Crippen LogP contribution in [-0.4, -0.2) is 44.1 Å². The number of methoxy groups -OCH3 is 1. The molecule has 0 saturated heterocycles. The lowest BCUT2D eigenvalue weighted by Crippen LogP contribution is -2.47. The van der Waals surface area contributed by atoms with Gasteiger partial charge in [-0.25, -0.2) is 4.79 Å². The third-order valence-electron chi connectivity index (χ3n) is 4.37. The lowest BCUT2D eigenvalue weighted by Gasteiger charge is -2.30. The molecule has 1 aliphatic rings. The molecule has 8 nitrogen and oxygen atoms in total. The Balaban J connectivity index is 1.75. The Hall–Kier alpha value is -3.55. The summed E-state index contributed by atoms with van der Waals surface area (Å²) in [7, 11) is 1.47. The Morgan fingerprint density at radius 1 is 1.17 bits per heavy atom. The molecule has 2 aromatic carbocycles. The van der Waals surface area contributed by atoms with Crippen LogP contribution in [0.2, 0.25) is 0 Å². The van der Waals surface area contributed by atoms with Crippen LogP contribution in [0.5, 0.6) is 11.5 Å². The summed E-state index contributed by atoms with van der Waals surface area (Å²) in [4.78, 5) is 38.6. The number of carbonyl (C=O) groups is 3. The fourth-order valence-corrected chi connectivity index (χ4v) is 3.00. The minimum Gasteiger partial charge on any atom is -0.493 e. The number of benzene rings is 2. The average Bonchev–Trinajstić information content (AvgIpc) is 2.72. The second kappa shape index (κ2) is 8.64. The maximum Gasteiger partial charge on any atom is 0.339 e. The topological polar surface area (TPSA) is 94.2 Å². The van der Waals surface area contributed by atoms with Crippen molar-refractivity contribution in [3.05, 3.63) is 48.0 Å². The van der Waals surface area contributed by atoms with Crippen LogP contribution in [-0.2, 0) is 14.3 Å². The van der Waals surface area contributed by atoms with Crippen LogP contribution < -0.4 is 19.7 Å². The van der Waals surface area contributed by atoms with Gasteiger partial charge in [-0.05, 0) is 44.2 Å². The molecule has 0 fully saturated rings. The van der Waals surface area contributed by atoms with Crippen LogP contribution in [0.25, 0.3) is 0 Å². The number of hydrogen-bond donors (Lipinski definition) is 1. The van der Waals surface area contributed by atoms with E-state index in [9.17, 15) is 14.4 Å². The zero-order chi connectivity index (χ0) is 21.0. The first-order valence-electron chi connectivity index (χ1n) is 9.16. The molecule has 1 aliphatic heterocycles. The maximum absolute atomic E-state index is 12.9. The molecular formula is C21H22N2O6. The zero-order valence-electron chi connectivity index (χ0n) is 16.4. The van der Waals surface area contributed by atoms with E-state index in [0.717, 1.165) is 0 Å². The molecule has 0 aromatic heterocycles. The number of nitrogens with one attached hydrogen (secondary N) is 1. The second-order valence-electron chi connectivity index (χ2n) is 6.34. The minimum absolute atomic E-state index is 0.144. The number of anilines is 2. The summed E-state index contributed by atoms with van der Waals surface area (Å²) in [6, 6.07) is 11.6. The Morgan fingerprint density at radius 3 is 2.66 bits per heavy atom. The van der Waals surface area contributed by atoms with Gasteiger partial charge in [-0.1, -0.05) is 12.1 Å². The maximum atomic E-state index is 12.9. The SMILES string of the molecule is CCOc1ccc(C(=O)O[C@H](C)C(=O)N2CC(=O)Nc3ccccc32)cc1OC. The Kier molecular flexibility index (Phi) is 6.01. The molecule has 152 valence electrons. The smallest absolute Gasteiger partial charge is 0.339 e. The number of ether oxygens (including phenoxy) is 3. The van der Waals surface area contributed by atoms with Gasteiger partial charge in [-0.15, -0.1) is 0 Å². The first-order chi connectivity index (χ1) is 13.9. The highest BCUT2D eigenvalue weighted by molar-refractivity contribution is 6.11. The van der Waals surface area contributed by atoms with Crippen LogP contribution >= 0.6 is 0 Å².